The quantitative estimate of drug-likeness (QED) is 0.201. The number of hydrogen-bond acceptors (Lipinski definition) is 4. The highest BCUT2D eigenvalue weighted by molar-refractivity contribution is 5.96. The molecule has 3 aromatic carbocycles. The van der Waals surface area contributed by atoms with Crippen molar-refractivity contribution in [2.24, 2.45) is 5.92 Å². The molecule has 228 valence electrons. The number of benzene rings is 3. The third kappa shape index (κ3) is 7.88. The van der Waals surface area contributed by atoms with E-state index in [0.717, 1.165) is 34.2 Å². The van der Waals surface area contributed by atoms with Crippen LogP contribution in [0, 0.1) is 5.92 Å². The van der Waals surface area contributed by atoms with Crippen molar-refractivity contribution in [2.75, 3.05) is 33.9 Å². The third-order valence-corrected chi connectivity index (χ3v) is 7.14. The number of carbonyl (C=O) groups excluding carboxylic acids is 2. The summed E-state index contributed by atoms with van der Waals surface area (Å²) in [6, 6.07) is 17.6. The van der Waals surface area contributed by atoms with E-state index >= 15 is 0 Å². The first-order valence-corrected chi connectivity index (χ1v) is 14.0. The lowest BCUT2D eigenvalue weighted by molar-refractivity contribution is -0.137. The lowest BCUT2D eigenvalue weighted by Crippen LogP contribution is -2.44. The first kappa shape index (κ1) is 31.5. The number of carbonyl (C=O) groups is 2. The average molecular weight is 596 g/mol. The van der Waals surface area contributed by atoms with Crippen LogP contribution >= 0.6 is 0 Å². The van der Waals surface area contributed by atoms with Crippen LogP contribution in [0.3, 0.4) is 0 Å². The molecule has 0 unspecified atom stereocenters. The van der Waals surface area contributed by atoms with E-state index in [1.54, 1.807) is 24.1 Å². The van der Waals surface area contributed by atoms with Gasteiger partial charge in [0.2, 0.25) is 5.91 Å². The third-order valence-electron chi connectivity index (χ3n) is 7.14. The van der Waals surface area contributed by atoms with Gasteiger partial charge >= 0.3 is 6.18 Å². The fraction of sp³-hybridized carbons (Fsp3) is 0.333. The number of alkyl halides is 3. The molecule has 0 aliphatic carbocycles. The minimum Gasteiger partial charge on any atom is -0.493 e. The largest absolute Gasteiger partial charge is 0.493 e. The van der Waals surface area contributed by atoms with Crippen molar-refractivity contribution in [3.05, 3.63) is 95.2 Å². The number of para-hydroxylation sites is 1. The minimum absolute atomic E-state index is 0.0203. The molecule has 2 amide bonds. The van der Waals surface area contributed by atoms with Crippen LogP contribution in [0.2, 0.25) is 0 Å². The Hall–Kier alpha value is -4.47. The summed E-state index contributed by atoms with van der Waals surface area (Å²) in [5.41, 5.74) is 1.80. The van der Waals surface area contributed by atoms with E-state index in [2.05, 4.69) is 4.98 Å². The SMILES string of the molecule is COc1ccc(CN(CCc2c[nH]c3ccccc23)C(=O)CN(CC(C)C)C(=O)c2cccc(C(F)(F)F)c2)cc1OC. The highest BCUT2D eigenvalue weighted by Gasteiger charge is 2.32. The van der Waals surface area contributed by atoms with Crippen LogP contribution in [0.5, 0.6) is 11.5 Å². The number of aromatic amines is 1. The molecule has 4 aromatic rings. The number of fused-ring (bicyclic) bond motifs is 1. The molecule has 7 nitrogen and oxygen atoms in total. The lowest BCUT2D eigenvalue weighted by Gasteiger charge is -2.29. The summed E-state index contributed by atoms with van der Waals surface area (Å²) in [5.74, 6) is 0.0995. The number of H-pyrrole nitrogens is 1. The second kappa shape index (κ2) is 13.7. The van der Waals surface area contributed by atoms with Gasteiger partial charge in [-0.3, -0.25) is 9.59 Å². The van der Waals surface area contributed by atoms with Gasteiger partial charge in [0.15, 0.2) is 11.5 Å². The maximum atomic E-state index is 13.9. The first-order chi connectivity index (χ1) is 20.5. The van der Waals surface area contributed by atoms with E-state index in [0.29, 0.717) is 24.5 Å². The summed E-state index contributed by atoms with van der Waals surface area (Å²) in [7, 11) is 3.07. The van der Waals surface area contributed by atoms with E-state index in [-0.39, 0.29) is 37.0 Å². The summed E-state index contributed by atoms with van der Waals surface area (Å²) in [6.07, 6.45) is -2.12. The molecule has 10 heteroatoms. The number of nitrogens with one attached hydrogen (secondary N) is 1. The van der Waals surface area contributed by atoms with Gasteiger partial charge < -0.3 is 24.3 Å². The zero-order chi connectivity index (χ0) is 31.1. The van der Waals surface area contributed by atoms with Crippen molar-refractivity contribution in [1.82, 2.24) is 14.8 Å². The number of aromatic nitrogens is 1. The molecule has 0 atom stereocenters. The molecular formula is C33H36F3N3O4. The number of nitrogens with zero attached hydrogens (tertiary/aromatic N) is 2. The smallest absolute Gasteiger partial charge is 0.416 e. The molecule has 0 bridgehead atoms. The Bertz CT molecular complexity index is 1560. The normalized spacial score (nSPS) is 11.5. The molecular weight excluding hydrogens is 559 g/mol. The summed E-state index contributed by atoms with van der Waals surface area (Å²) in [4.78, 5) is 33.6. The van der Waals surface area contributed by atoms with E-state index in [4.69, 9.17) is 9.47 Å². The van der Waals surface area contributed by atoms with Crippen molar-refractivity contribution in [1.29, 1.82) is 0 Å². The Kier molecular flexibility index (Phi) is 10.0. The van der Waals surface area contributed by atoms with Crippen molar-refractivity contribution in [2.45, 2.75) is 33.0 Å². The molecule has 43 heavy (non-hydrogen) atoms. The number of halogens is 3. The Balaban J connectivity index is 1.61. The number of rotatable bonds is 12. The van der Waals surface area contributed by atoms with Crippen LogP contribution in [-0.4, -0.2) is 60.5 Å². The molecule has 1 heterocycles. The van der Waals surface area contributed by atoms with Crippen LogP contribution < -0.4 is 9.47 Å². The predicted molar refractivity (Wildman–Crippen MR) is 159 cm³/mol. The van der Waals surface area contributed by atoms with E-state index in [1.165, 1.54) is 24.1 Å². The van der Waals surface area contributed by atoms with Gasteiger partial charge in [0, 0.05) is 42.3 Å². The molecule has 0 radical (unpaired) electrons. The molecule has 0 aliphatic rings. The van der Waals surface area contributed by atoms with E-state index < -0.39 is 17.6 Å². The van der Waals surface area contributed by atoms with Gasteiger partial charge in [-0.05, 0) is 59.9 Å². The zero-order valence-corrected chi connectivity index (χ0v) is 24.7. The molecule has 0 aliphatic heterocycles. The number of amides is 2. The number of methoxy groups -OCH3 is 2. The highest BCUT2D eigenvalue weighted by Crippen LogP contribution is 2.30. The van der Waals surface area contributed by atoms with Gasteiger partial charge in [0.1, 0.15) is 6.54 Å². The second-order valence-electron chi connectivity index (χ2n) is 10.8. The van der Waals surface area contributed by atoms with Crippen molar-refractivity contribution in [3.63, 3.8) is 0 Å². The standard InChI is InChI=1S/C33H36F3N3O4/c1-22(2)19-39(32(41)24-8-7-9-26(17-24)33(34,35)36)21-31(40)38(20-23-12-13-29(42-3)30(16-23)43-4)15-14-25-18-37-28-11-6-5-10-27(25)28/h5-13,16-18,22,37H,14-15,19-21H2,1-4H3. The van der Waals surface area contributed by atoms with Crippen LogP contribution in [-0.2, 0) is 23.9 Å². The molecule has 1 N–H and O–H groups in total. The zero-order valence-electron chi connectivity index (χ0n) is 24.7. The van der Waals surface area contributed by atoms with Crippen LogP contribution in [0.1, 0.15) is 40.9 Å². The van der Waals surface area contributed by atoms with Crippen molar-refractivity contribution >= 4 is 22.7 Å². The maximum absolute atomic E-state index is 13.9. The van der Waals surface area contributed by atoms with E-state index in [1.807, 2.05) is 50.4 Å². The van der Waals surface area contributed by atoms with Crippen molar-refractivity contribution < 1.29 is 32.2 Å². The van der Waals surface area contributed by atoms with Gasteiger partial charge in [-0.1, -0.05) is 44.2 Å². The Morgan fingerprint density at radius 2 is 1.65 bits per heavy atom. The average Bonchev–Trinajstić information content (AvgIpc) is 3.40. The molecule has 0 fully saturated rings. The fourth-order valence-electron chi connectivity index (χ4n) is 5.02. The summed E-state index contributed by atoms with van der Waals surface area (Å²) < 4.78 is 50.9. The first-order valence-electron chi connectivity index (χ1n) is 14.0. The molecule has 1 aromatic heterocycles. The minimum atomic E-state index is -4.59. The molecule has 0 spiro atoms. The predicted octanol–water partition coefficient (Wildman–Crippen LogP) is 6.57. The lowest BCUT2D eigenvalue weighted by atomic mass is 10.1. The Morgan fingerprint density at radius 3 is 2.35 bits per heavy atom. The summed E-state index contributed by atoms with van der Waals surface area (Å²) >= 11 is 0. The van der Waals surface area contributed by atoms with Gasteiger partial charge in [-0.25, -0.2) is 0 Å². The van der Waals surface area contributed by atoms with E-state index in [9.17, 15) is 22.8 Å². The second-order valence-corrected chi connectivity index (χ2v) is 10.8. The molecule has 0 saturated heterocycles. The van der Waals surface area contributed by atoms with Gasteiger partial charge in [0.25, 0.3) is 5.91 Å². The number of hydrogen-bond donors (Lipinski definition) is 1. The van der Waals surface area contributed by atoms with Gasteiger partial charge in [0.05, 0.1) is 19.8 Å². The van der Waals surface area contributed by atoms with Crippen LogP contribution in [0.4, 0.5) is 13.2 Å². The Morgan fingerprint density at radius 1 is 0.907 bits per heavy atom. The van der Waals surface area contributed by atoms with Crippen molar-refractivity contribution in [3.8, 4) is 11.5 Å². The van der Waals surface area contributed by atoms with Gasteiger partial charge in [-0.2, -0.15) is 13.2 Å². The fourth-order valence-corrected chi connectivity index (χ4v) is 5.02. The van der Waals surface area contributed by atoms with Gasteiger partial charge in [-0.15, -0.1) is 0 Å². The molecule has 4 rings (SSSR count). The van der Waals surface area contributed by atoms with Crippen LogP contribution in [0.25, 0.3) is 10.9 Å². The topological polar surface area (TPSA) is 74.9 Å². The molecule has 0 saturated carbocycles. The number of ether oxygens (including phenoxy) is 2. The summed E-state index contributed by atoms with van der Waals surface area (Å²) in [5, 5.41) is 1.06. The summed E-state index contributed by atoms with van der Waals surface area (Å²) in [6.45, 7) is 4.27. The van der Waals surface area contributed by atoms with Crippen LogP contribution in [0.15, 0.2) is 72.9 Å². The monoisotopic (exact) mass is 595 g/mol. The Labute approximate surface area is 249 Å². The highest BCUT2D eigenvalue weighted by atomic mass is 19.4. The maximum Gasteiger partial charge on any atom is 0.416 e.